The molecule has 2 aliphatic rings. The summed E-state index contributed by atoms with van der Waals surface area (Å²) in [6.45, 7) is 0.621. The Morgan fingerprint density at radius 1 is 1.14 bits per heavy atom. The molecule has 0 unspecified atom stereocenters. The van der Waals surface area contributed by atoms with E-state index in [0.717, 1.165) is 33.4 Å². The van der Waals surface area contributed by atoms with Crippen molar-refractivity contribution in [3.63, 3.8) is 0 Å². The fourth-order valence-electron chi connectivity index (χ4n) is 2.92. The third-order valence-corrected chi connectivity index (χ3v) is 4.47. The number of rotatable bonds is 1. The summed E-state index contributed by atoms with van der Waals surface area (Å²) in [4.78, 5) is 27.1. The SMILES string of the molecule is O=C1Nc2cc(Br)ccc2C1=Cc1[nH]cc2c1CCNC2=O. The van der Waals surface area contributed by atoms with Gasteiger partial charge < -0.3 is 15.6 Å². The zero-order valence-electron chi connectivity index (χ0n) is 11.5. The van der Waals surface area contributed by atoms with Crippen LogP contribution in [0.1, 0.15) is 27.2 Å². The second-order valence-electron chi connectivity index (χ2n) is 5.30. The van der Waals surface area contributed by atoms with E-state index in [1.54, 1.807) is 6.20 Å². The van der Waals surface area contributed by atoms with Crippen LogP contribution in [-0.4, -0.2) is 23.3 Å². The Morgan fingerprint density at radius 2 is 2.00 bits per heavy atom. The quantitative estimate of drug-likeness (QED) is 0.686. The standard InChI is InChI=1S/C16H12BrN3O2/c17-8-1-2-9-11(16(22)20-14(9)5-8)6-13-10-3-4-18-15(21)12(10)7-19-13/h1-2,5-7,19H,3-4H2,(H,18,21)(H,20,22). The van der Waals surface area contributed by atoms with Gasteiger partial charge in [0.15, 0.2) is 0 Å². The van der Waals surface area contributed by atoms with E-state index >= 15 is 0 Å². The summed E-state index contributed by atoms with van der Waals surface area (Å²) in [6.07, 6.45) is 4.29. The normalized spacial score (nSPS) is 18.0. The number of aromatic amines is 1. The van der Waals surface area contributed by atoms with Crippen molar-refractivity contribution < 1.29 is 9.59 Å². The molecule has 4 rings (SSSR count). The van der Waals surface area contributed by atoms with Crippen molar-refractivity contribution in [1.82, 2.24) is 10.3 Å². The smallest absolute Gasteiger partial charge is 0.256 e. The van der Waals surface area contributed by atoms with Crippen LogP contribution in [0.2, 0.25) is 0 Å². The summed E-state index contributed by atoms with van der Waals surface area (Å²) >= 11 is 3.40. The topological polar surface area (TPSA) is 74.0 Å². The third kappa shape index (κ3) is 1.99. The Morgan fingerprint density at radius 3 is 2.86 bits per heavy atom. The van der Waals surface area contributed by atoms with Gasteiger partial charge in [0, 0.05) is 28.5 Å². The number of aromatic nitrogens is 1. The van der Waals surface area contributed by atoms with Gasteiger partial charge in [-0.15, -0.1) is 0 Å². The molecular formula is C16H12BrN3O2. The van der Waals surface area contributed by atoms with Gasteiger partial charge in [-0.05, 0) is 30.2 Å². The molecule has 3 heterocycles. The number of carbonyl (C=O) groups is 2. The number of nitrogens with one attached hydrogen (secondary N) is 3. The van der Waals surface area contributed by atoms with Gasteiger partial charge in [-0.3, -0.25) is 9.59 Å². The minimum Gasteiger partial charge on any atom is -0.361 e. The summed E-state index contributed by atoms with van der Waals surface area (Å²) < 4.78 is 0.918. The highest BCUT2D eigenvalue weighted by atomic mass is 79.9. The summed E-state index contributed by atoms with van der Waals surface area (Å²) in [5, 5.41) is 5.67. The Balaban J connectivity index is 1.82. The van der Waals surface area contributed by atoms with Crippen LogP contribution in [0.3, 0.4) is 0 Å². The van der Waals surface area contributed by atoms with Crippen molar-refractivity contribution in [2.24, 2.45) is 0 Å². The van der Waals surface area contributed by atoms with E-state index in [-0.39, 0.29) is 11.8 Å². The minimum atomic E-state index is -0.128. The Hall–Kier alpha value is -2.34. The number of carbonyl (C=O) groups excluding carboxylic acids is 2. The van der Waals surface area contributed by atoms with Crippen molar-refractivity contribution in [3.05, 3.63) is 51.3 Å². The molecule has 110 valence electrons. The lowest BCUT2D eigenvalue weighted by molar-refractivity contribution is -0.110. The van der Waals surface area contributed by atoms with Crippen LogP contribution < -0.4 is 10.6 Å². The van der Waals surface area contributed by atoms with Crippen LogP contribution in [-0.2, 0) is 11.2 Å². The van der Waals surface area contributed by atoms with Gasteiger partial charge in [-0.2, -0.15) is 0 Å². The van der Waals surface area contributed by atoms with Gasteiger partial charge in [0.05, 0.1) is 16.8 Å². The van der Waals surface area contributed by atoms with Gasteiger partial charge in [0.25, 0.3) is 11.8 Å². The first-order valence-corrected chi connectivity index (χ1v) is 7.74. The number of hydrogen-bond donors (Lipinski definition) is 3. The second kappa shape index (κ2) is 4.84. The molecule has 0 aliphatic carbocycles. The molecule has 22 heavy (non-hydrogen) atoms. The third-order valence-electron chi connectivity index (χ3n) is 3.98. The number of fused-ring (bicyclic) bond motifs is 2. The van der Waals surface area contributed by atoms with Crippen molar-refractivity contribution in [1.29, 1.82) is 0 Å². The van der Waals surface area contributed by atoms with Gasteiger partial charge in [-0.1, -0.05) is 22.0 Å². The highest BCUT2D eigenvalue weighted by Gasteiger charge is 2.26. The molecule has 2 aliphatic heterocycles. The zero-order valence-corrected chi connectivity index (χ0v) is 13.1. The highest BCUT2D eigenvalue weighted by molar-refractivity contribution is 9.10. The first-order chi connectivity index (χ1) is 10.6. The van der Waals surface area contributed by atoms with Gasteiger partial charge in [0.1, 0.15) is 0 Å². The molecule has 2 aromatic rings. The average molecular weight is 358 g/mol. The maximum absolute atomic E-state index is 12.2. The predicted octanol–water partition coefficient (Wildman–Crippen LogP) is 2.56. The van der Waals surface area contributed by atoms with Crippen molar-refractivity contribution in [2.45, 2.75) is 6.42 Å². The molecule has 2 amide bonds. The number of hydrogen-bond acceptors (Lipinski definition) is 2. The number of benzene rings is 1. The molecule has 3 N–H and O–H groups in total. The molecular weight excluding hydrogens is 346 g/mol. The van der Waals surface area contributed by atoms with Crippen LogP contribution in [0.5, 0.6) is 0 Å². The van der Waals surface area contributed by atoms with Crippen molar-refractivity contribution in [2.75, 3.05) is 11.9 Å². The molecule has 0 atom stereocenters. The van der Waals surface area contributed by atoms with Crippen molar-refractivity contribution in [3.8, 4) is 0 Å². The van der Waals surface area contributed by atoms with Gasteiger partial charge in [-0.25, -0.2) is 0 Å². The molecule has 0 spiro atoms. The van der Waals surface area contributed by atoms with Crippen LogP contribution in [0.15, 0.2) is 28.9 Å². The summed E-state index contributed by atoms with van der Waals surface area (Å²) in [7, 11) is 0. The molecule has 0 saturated heterocycles. The average Bonchev–Trinajstić information content (AvgIpc) is 3.02. The largest absolute Gasteiger partial charge is 0.361 e. The number of halogens is 1. The fourth-order valence-corrected chi connectivity index (χ4v) is 3.28. The Kier molecular flexibility index (Phi) is 2.94. The van der Waals surface area contributed by atoms with Crippen molar-refractivity contribution >= 4 is 45.1 Å². The van der Waals surface area contributed by atoms with E-state index in [9.17, 15) is 9.59 Å². The molecule has 0 saturated carbocycles. The number of amides is 2. The highest BCUT2D eigenvalue weighted by Crippen LogP contribution is 2.35. The summed E-state index contributed by atoms with van der Waals surface area (Å²) in [6, 6.07) is 5.70. The van der Waals surface area contributed by atoms with Crippen LogP contribution in [0.25, 0.3) is 11.6 Å². The van der Waals surface area contributed by atoms with E-state index in [0.29, 0.717) is 17.7 Å². The van der Waals surface area contributed by atoms with E-state index in [2.05, 4.69) is 31.5 Å². The number of H-pyrrole nitrogens is 1. The van der Waals surface area contributed by atoms with E-state index in [1.165, 1.54) is 0 Å². The van der Waals surface area contributed by atoms with E-state index in [1.807, 2.05) is 24.3 Å². The van der Waals surface area contributed by atoms with Gasteiger partial charge in [0.2, 0.25) is 0 Å². The van der Waals surface area contributed by atoms with E-state index < -0.39 is 0 Å². The van der Waals surface area contributed by atoms with Gasteiger partial charge >= 0.3 is 0 Å². The lowest BCUT2D eigenvalue weighted by Gasteiger charge is -2.12. The lowest BCUT2D eigenvalue weighted by Crippen LogP contribution is -2.31. The Labute approximate surface area is 134 Å². The lowest BCUT2D eigenvalue weighted by atomic mass is 10.00. The molecule has 1 aromatic heterocycles. The first-order valence-electron chi connectivity index (χ1n) is 6.95. The number of anilines is 1. The zero-order chi connectivity index (χ0) is 15.3. The van der Waals surface area contributed by atoms with Crippen LogP contribution in [0.4, 0.5) is 5.69 Å². The molecule has 1 aromatic carbocycles. The molecule has 0 bridgehead atoms. The minimum absolute atomic E-state index is 0.0673. The van der Waals surface area contributed by atoms with Crippen LogP contribution in [0, 0.1) is 0 Å². The molecule has 5 nitrogen and oxygen atoms in total. The monoisotopic (exact) mass is 357 g/mol. The molecule has 0 radical (unpaired) electrons. The summed E-state index contributed by atoms with van der Waals surface area (Å²) in [5.74, 6) is -0.195. The Bertz CT molecular complexity index is 851. The fraction of sp³-hybridized carbons (Fsp3) is 0.125. The summed E-state index contributed by atoms with van der Waals surface area (Å²) in [5.41, 5.74) is 4.73. The predicted molar refractivity (Wildman–Crippen MR) is 87.5 cm³/mol. The second-order valence-corrected chi connectivity index (χ2v) is 6.22. The molecule has 0 fully saturated rings. The van der Waals surface area contributed by atoms with E-state index in [4.69, 9.17) is 0 Å². The maximum atomic E-state index is 12.2. The maximum Gasteiger partial charge on any atom is 0.256 e. The molecule has 6 heteroatoms. The first kappa shape index (κ1) is 13.3. The van der Waals surface area contributed by atoms with Crippen LogP contribution >= 0.6 is 15.9 Å².